The topological polar surface area (TPSA) is 44.8 Å². The lowest BCUT2D eigenvalue weighted by atomic mass is 10.1. The average molecular weight is 312 g/mol. The monoisotopic (exact) mass is 312 g/mol. The first-order valence-corrected chi connectivity index (χ1v) is 7.45. The highest BCUT2D eigenvalue weighted by Crippen LogP contribution is 2.30. The summed E-state index contributed by atoms with van der Waals surface area (Å²) in [5, 5.41) is 0. The van der Waals surface area contributed by atoms with Crippen molar-refractivity contribution >= 4 is 5.97 Å². The number of ether oxygens (including phenoxy) is 3. The highest BCUT2D eigenvalue weighted by molar-refractivity contribution is 5.86. The summed E-state index contributed by atoms with van der Waals surface area (Å²) in [6.45, 7) is 7.57. The van der Waals surface area contributed by atoms with Gasteiger partial charge in [-0.25, -0.2) is 4.79 Å². The maximum atomic E-state index is 12.0. The molecule has 0 saturated heterocycles. The zero-order valence-corrected chi connectivity index (χ0v) is 13.3. The van der Waals surface area contributed by atoms with Crippen LogP contribution in [0, 0.1) is 0 Å². The Bertz CT molecular complexity index is 664. The van der Waals surface area contributed by atoms with Crippen LogP contribution in [0.5, 0.6) is 5.75 Å². The number of para-hydroxylation sites is 1. The van der Waals surface area contributed by atoms with E-state index in [0.717, 1.165) is 11.1 Å². The van der Waals surface area contributed by atoms with Crippen LogP contribution in [0.4, 0.5) is 0 Å². The van der Waals surface area contributed by atoms with Gasteiger partial charge >= 0.3 is 5.97 Å². The lowest BCUT2D eigenvalue weighted by Gasteiger charge is -2.15. The zero-order chi connectivity index (χ0) is 16.7. The molecule has 0 aliphatic carbocycles. The Labute approximate surface area is 136 Å². The smallest absolute Gasteiger partial charge is 0.375 e. The maximum absolute atomic E-state index is 12.0. The summed E-state index contributed by atoms with van der Waals surface area (Å²) >= 11 is 0. The van der Waals surface area contributed by atoms with Crippen molar-refractivity contribution in [2.45, 2.75) is 20.1 Å². The molecule has 0 bridgehead atoms. The molecule has 2 rings (SSSR count). The summed E-state index contributed by atoms with van der Waals surface area (Å²) in [6.07, 6.45) is -0.641. The van der Waals surface area contributed by atoms with Gasteiger partial charge < -0.3 is 14.2 Å². The molecule has 2 aromatic carbocycles. The fourth-order valence-electron chi connectivity index (χ4n) is 2.07. The minimum absolute atomic E-state index is 0.0834. The Morgan fingerprint density at radius 2 is 1.74 bits per heavy atom. The second-order valence-electron chi connectivity index (χ2n) is 4.82. The van der Waals surface area contributed by atoms with E-state index in [1.165, 1.54) is 0 Å². The zero-order valence-electron chi connectivity index (χ0n) is 13.3. The molecule has 0 aromatic heterocycles. The van der Waals surface area contributed by atoms with Crippen molar-refractivity contribution in [1.82, 2.24) is 0 Å². The van der Waals surface area contributed by atoms with E-state index in [9.17, 15) is 4.79 Å². The van der Waals surface area contributed by atoms with Gasteiger partial charge in [0.2, 0.25) is 12.0 Å². The molecular formula is C19H20O4. The quantitative estimate of drug-likeness (QED) is 0.333. The van der Waals surface area contributed by atoms with Gasteiger partial charge in [-0.2, -0.15) is 0 Å². The number of carbonyl (C=O) groups excluding carboxylic acids is 1. The Kier molecular flexibility index (Phi) is 5.94. The van der Waals surface area contributed by atoms with E-state index < -0.39 is 12.3 Å². The van der Waals surface area contributed by atoms with Crippen LogP contribution in [-0.2, 0) is 14.3 Å². The molecule has 23 heavy (non-hydrogen) atoms. The average Bonchev–Trinajstić information content (AvgIpc) is 2.56. The normalized spacial score (nSPS) is 11.6. The summed E-state index contributed by atoms with van der Waals surface area (Å²) < 4.78 is 15.9. The van der Waals surface area contributed by atoms with E-state index in [4.69, 9.17) is 14.2 Å². The fourth-order valence-corrected chi connectivity index (χ4v) is 2.07. The Morgan fingerprint density at radius 3 is 2.43 bits per heavy atom. The van der Waals surface area contributed by atoms with Gasteiger partial charge in [0.05, 0.1) is 0 Å². The van der Waals surface area contributed by atoms with E-state index in [-0.39, 0.29) is 5.76 Å². The molecule has 0 heterocycles. The molecule has 1 atom stereocenters. The third-order valence-corrected chi connectivity index (χ3v) is 3.11. The summed E-state index contributed by atoms with van der Waals surface area (Å²) in [5.41, 5.74) is 1.87. The minimum atomic E-state index is -0.645. The van der Waals surface area contributed by atoms with Gasteiger partial charge in [0, 0.05) is 12.2 Å². The lowest BCUT2D eigenvalue weighted by Crippen LogP contribution is -2.21. The number of hydrogen-bond acceptors (Lipinski definition) is 4. The summed E-state index contributed by atoms with van der Waals surface area (Å²) in [4.78, 5) is 12.0. The molecule has 0 saturated carbocycles. The second-order valence-corrected chi connectivity index (χ2v) is 4.82. The number of rotatable bonds is 7. The van der Waals surface area contributed by atoms with Gasteiger partial charge in [0.15, 0.2) is 0 Å². The molecule has 0 radical (unpaired) electrons. The molecule has 4 nitrogen and oxygen atoms in total. The molecule has 0 aliphatic rings. The van der Waals surface area contributed by atoms with Crippen molar-refractivity contribution in [2.24, 2.45) is 0 Å². The molecule has 120 valence electrons. The van der Waals surface area contributed by atoms with Crippen LogP contribution >= 0.6 is 0 Å². The predicted molar refractivity (Wildman–Crippen MR) is 88.8 cm³/mol. The van der Waals surface area contributed by atoms with Gasteiger partial charge in [-0.15, -0.1) is 0 Å². The van der Waals surface area contributed by atoms with Crippen molar-refractivity contribution in [3.8, 4) is 16.9 Å². The Morgan fingerprint density at radius 1 is 1.09 bits per heavy atom. The van der Waals surface area contributed by atoms with Crippen molar-refractivity contribution in [1.29, 1.82) is 0 Å². The fraction of sp³-hybridized carbons (Fsp3) is 0.211. The van der Waals surface area contributed by atoms with Crippen molar-refractivity contribution in [3.63, 3.8) is 0 Å². The van der Waals surface area contributed by atoms with E-state index in [1.807, 2.05) is 55.5 Å². The molecule has 0 aliphatic heterocycles. The number of benzene rings is 2. The first kappa shape index (κ1) is 16.8. The number of esters is 1. The van der Waals surface area contributed by atoms with Gasteiger partial charge in [-0.3, -0.25) is 0 Å². The van der Waals surface area contributed by atoms with Gasteiger partial charge in [0.1, 0.15) is 5.75 Å². The largest absolute Gasteiger partial charge is 0.450 e. The van der Waals surface area contributed by atoms with Crippen LogP contribution in [0.25, 0.3) is 11.1 Å². The van der Waals surface area contributed by atoms with Crippen LogP contribution < -0.4 is 4.74 Å². The van der Waals surface area contributed by atoms with Crippen LogP contribution in [0.3, 0.4) is 0 Å². The first-order chi connectivity index (χ1) is 11.1. The minimum Gasteiger partial charge on any atom is -0.450 e. The molecule has 1 unspecified atom stereocenters. The van der Waals surface area contributed by atoms with Gasteiger partial charge in [0.25, 0.3) is 0 Å². The SMILES string of the molecule is C=C(Oc1ccccc1-c1ccccc1)C(=O)OC(C)OCC. The molecule has 0 fully saturated rings. The molecule has 0 N–H and O–H groups in total. The predicted octanol–water partition coefficient (Wildman–Crippen LogP) is 4.17. The maximum Gasteiger partial charge on any atom is 0.375 e. The molecule has 0 spiro atoms. The van der Waals surface area contributed by atoms with Crippen LogP contribution in [-0.4, -0.2) is 18.9 Å². The van der Waals surface area contributed by atoms with E-state index in [1.54, 1.807) is 13.0 Å². The molecule has 4 heteroatoms. The highest BCUT2D eigenvalue weighted by Gasteiger charge is 2.16. The van der Waals surface area contributed by atoms with Crippen LogP contribution in [0.15, 0.2) is 66.9 Å². The number of carbonyl (C=O) groups is 1. The van der Waals surface area contributed by atoms with Crippen molar-refractivity contribution in [3.05, 3.63) is 66.9 Å². The second kappa shape index (κ2) is 8.15. The Hall–Kier alpha value is -2.59. The highest BCUT2D eigenvalue weighted by atomic mass is 16.7. The molecular weight excluding hydrogens is 292 g/mol. The third-order valence-electron chi connectivity index (χ3n) is 3.11. The van der Waals surface area contributed by atoms with Crippen LogP contribution in [0.1, 0.15) is 13.8 Å². The third kappa shape index (κ3) is 4.69. The molecule has 2 aromatic rings. The Balaban J connectivity index is 2.11. The van der Waals surface area contributed by atoms with Crippen LogP contribution in [0.2, 0.25) is 0 Å². The standard InChI is InChI=1S/C19H20O4/c1-4-21-15(3)23-19(20)14(2)22-18-13-9-8-12-17(18)16-10-6-5-7-11-16/h5-13,15H,2,4H2,1,3H3. The van der Waals surface area contributed by atoms with E-state index >= 15 is 0 Å². The summed E-state index contributed by atoms with van der Waals surface area (Å²) in [6, 6.07) is 17.2. The van der Waals surface area contributed by atoms with Gasteiger partial charge in [-0.05, 0) is 32.1 Å². The van der Waals surface area contributed by atoms with E-state index in [2.05, 4.69) is 6.58 Å². The first-order valence-electron chi connectivity index (χ1n) is 7.45. The lowest BCUT2D eigenvalue weighted by molar-refractivity contribution is -0.171. The van der Waals surface area contributed by atoms with Gasteiger partial charge in [-0.1, -0.05) is 48.5 Å². The van der Waals surface area contributed by atoms with E-state index in [0.29, 0.717) is 12.4 Å². The van der Waals surface area contributed by atoms with Crippen molar-refractivity contribution in [2.75, 3.05) is 6.61 Å². The summed E-state index contributed by atoms with van der Waals surface area (Å²) in [5.74, 6) is -0.182. The summed E-state index contributed by atoms with van der Waals surface area (Å²) in [7, 11) is 0. The molecule has 0 amide bonds. The number of hydrogen-bond donors (Lipinski definition) is 0. The van der Waals surface area contributed by atoms with Crippen molar-refractivity contribution < 1.29 is 19.0 Å².